The fraction of sp³-hybridized carbons (Fsp3) is 0.464. The van der Waals surface area contributed by atoms with Crippen molar-refractivity contribution in [3.63, 3.8) is 0 Å². The van der Waals surface area contributed by atoms with Crippen molar-refractivity contribution >= 4 is 52.1 Å². The molecule has 0 bridgehead atoms. The van der Waals surface area contributed by atoms with Crippen molar-refractivity contribution < 1.29 is 19.1 Å². The number of carbonyl (C=O) groups excluding carboxylic acids is 2. The van der Waals surface area contributed by atoms with Crippen molar-refractivity contribution in [3.05, 3.63) is 47.5 Å². The van der Waals surface area contributed by atoms with Gasteiger partial charge >= 0.3 is 0 Å². The van der Waals surface area contributed by atoms with Crippen LogP contribution in [0.1, 0.15) is 33.1 Å². The lowest BCUT2D eigenvalue weighted by atomic mass is 9.99. The molecule has 10 heteroatoms. The summed E-state index contributed by atoms with van der Waals surface area (Å²) in [5, 5.41) is 3.66. The molecule has 2 heterocycles. The Morgan fingerprint density at radius 3 is 2.47 bits per heavy atom. The average molecular weight is 559 g/mol. The number of nitrogens with zero attached hydrogens (tertiary/aromatic N) is 3. The zero-order valence-corrected chi connectivity index (χ0v) is 23.7. The molecular formula is C28H35ClN4O4S. The largest absolute Gasteiger partial charge is 0.495 e. The fourth-order valence-corrected chi connectivity index (χ4v) is 5.51. The van der Waals surface area contributed by atoms with Crippen molar-refractivity contribution in [2.75, 3.05) is 50.1 Å². The number of ether oxygens (including phenoxy) is 2. The minimum atomic E-state index is -0.713. The highest BCUT2D eigenvalue weighted by atomic mass is 35.5. The van der Waals surface area contributed by atoms with Gasteiger partial charge in [-0.25, -0.2) is 0 Å². The number of thiocarbonyl (C=S) groups is 1. The maximum Gasteiger partial charge on any atom is 0.256 e. The van der Waals surface area contributed by atoms with E-state index in [-0.39, 0.29) is 18.2 Å². The Morgan fingerprint density at radius 2 is 1.84 bits per heavy atom. The van der Waals surface area contributed by atoms with Crippen LogP contribution >= 0.6 is 23.8 Å². The van der Waals surface area contributed by atoms with Crippen LogP contribution in [-0.2, 0) is 9.59 Å². The molecule has 38 heavy (non-hydrogen) atoms. The van der Waals surface area contributed by atoms with Crippen LogP contribution in [0.3, 0.4) is 0 Å². The van der Waals surface area contributed by atoms with E-state index >= 15 is 0 Å². The summed E-state index contributed by atoms with van der Waals surface area (Å²) in [7, 11) is 1.54. The predicted molar refractivity (Wildman–Crippen MR) is 154 cm³/mol. The number of carbonyl (C=O) groups is 2. The summed E-state index contributed by atoms with van der Waals surface area (Å²) in [6.45, 7) is 8.14. The second kappa shape index (κ2) is 12.8. The monoisotopic (exact) mass is 558 g/mol. The molecule has 2 aliphatic heterocycles. The second-order valence-electron chi connectivity index (χ2n) is 9.72. The lowest BCUT2D eigenvalue weighted by Gasteiger charge is -2.32. The summed E-state index contributed by atoms with van der Waals surface area (Å²) in [5.74, 6) is 1.46. The zero-order valence-electron chi connectivity index (χ0n) is 22.1. The molecule has 8 nitrogen and oxygen atoms in total. The van der Waals surface area contributed by atoms with Crippen molar-refractivity contribution in [2.45, 2.75) is 39.2 Å². The van der Waals surface area contributed by atoms with Crippen molar-refractivity contribution in [3.8, 4) is 11.5 Å². The van der Waals surface area contributed by atoms with Gasteiger partial charge in [-0.15, -0.1) is 0 Å². The summed E-state index contributed by atoms with van der Waals surface area (Å²) in [5.41, 5.74) is 1.19. The maximum atomic E-state index is 13.7. The highest BCUT2D eigenvalue weighted by Gasteiger charge is 2.44. The van der Waals surface area contributed by atoms with E-state index < -0.39 is 6.04 Å². The van der Waals surface area contributed by atoms with Crippen LogP contribution < -0.4 is 19.7 Å². The molecule has 2 aromatic carbocycles. The summed E-state index contributed by atoms with van der Waals surface area (Å²) >= 11 is 12.2. The molecule has 1 N–H and O–H groups in total. The molecule has 0 saturated carbocycles. The third kappa shape index (κ3) is 6.57. The number of benzene rings is 2. The first-order chi connectivity index (χ1) is 18.3. The van der Waals surface area contributed by atoms with Gasteiger partial charge in [0.05, 0.1) is 30.8 Å². The van der Waals surface area contributed by atoms with Gasteiger partial charge < -0.3 is 24.6 Å². The highest BCUT2D eigenvalue weighted by molar-refractivity contribution is 7.80. The van der Waals surface area contributed by atoms with Gasteiger partial charge in [0.25, 0.3) is 5.91 Å². The van der Waals surface area contributed by atoms with Crippen LogP contribution in [0.5, 0.6) is 11.5 Å². The zero-order chi connectivity index (χ0) is 27.2. The molecule has 0 unspecified atom stereocenters. The lowest BCUT2D eigenvalue weighted by molar-refractivity contribution is -0.124. The topological polar surface area (TPSA) is 74.3 Å². The van der Waals surface area contributed by atoms with Crippen LogP contribution in [0.2, 0.25) is 5.02 Å². The van der Waals surface area contributed by atoms with Crippen LogP contribution in [-0.4, -0.2) is 72.7 Å². The van der Waals surface area contributed by atoms with Crippen LogP contribution in [0, 0.1) is 5.92 Å². The molecule has 204 valence electrons. The summed E-state index contributed by atoms with van der Waals surface area (Å²) in [6, 6.07) is 11.6. The molecular weight excluding hydrogens is 524 g/mol. The number of nitrogens with one attached hydrogen (secondary N) is 1. The molecule has 0 spiro atoms. The number of piperidine rings is 1. The number of anilines is 2. The Balaban J connectivity index is 1.51. The molecule has 0 aromatic heterocycles. The summed E-state index contributed by atoms with van der Waals surface area (Å²) in [6.07, 6.45) is 2.30. The van der Waals surface area contributed by atoms with Gasteiger partial charge in [-0.05, 0) is 93.5 Å². The van der Waals surface area contributed by atoms with E-state index in [9.17, 15) is 9.59 Å². The lowest BCUT2D eigenvalue weighted by Crippen LogP contribution is -2.44. The smallest absolute Gasteiger partial charge is 0.256 e. The molecule has 2 amide bonds. The Kier molecular flexibility index (Phi) is 9.46. The molecule has 1 atom stereocenters. The quantitative estimate of drug-likeness (QED) is 0.419. The third-order valence-corrected chi connectivity index (χ3v) is 7.79. The first-order valence-corrected chi connectivity index (χ1v) is 13.8. The van der Waals surface area contributed by atoms with E-state index in [0.717, 1.165) is 44.1 Å². The molecule has 0 radical (unpaired) electrons. The number of amides is 2. The molecule has 4 rings (SSSR count). The number of rotatable bonds is 10. The maximum absolute atomic E-state index is 13.7. The molecule has 2 saturated heterocycles. The van der Waals surface area contributed by atoms with Gasteiger partial charge in [0.15, 0.2) is 5.11 Å². The third-order valence-electron chi connectivity index (χ3n) is 7.07. The Labute approximate surface area is 234 Å². The van der Waals surface area contributed by atoms with Gasteiger partial charge in [-0.1, -0.05) is 18.5 Å². The van der Waals surface area contributed by atoms with E-state index in [1.165, 1.54) is 12.0 Å². The number of likely N-dealkylation sites (tertiary alicyclic amines) is 1. The average Bonchev–Trinajstić information content (AvgIpc) is 3.13. The SMILES string of the molecule is CCOc1ccc(NC(=O)C[C@H]2C(=O)N(c3ccc(OC)c(Cl)c3)C(=S)N2CCN2CCC(C)CC2)cc1. The minimum absolute atomic E-state index is 0.0242. The van der Waals surface area contributed by atoms with Gasteiger partial charge in [-0.2, -0.15) is 0 Å². The second-order valence-corrected chi connectivity index (χ2v) is 10.5. The van der Waals surface area contributed by atoms with Gasteiger partial charge in [0.2, 0.25) is 5.91 Å². The first-order valence-electron chi connectivity index (χ1n) is 13.0. The molecule has 2 aromatic rings. The van der Waals surface area contributed by atoms with Crippen LogP contribution in [0.4, 0.5) is 11.4 Å². The van der Waals surface area contributed by atoms with Crippen molar-refractivity contribution in [2.24, 2.45) is 5.92 Å². The number of halogens is 1. The predicted octanol–water partition coefficient (Wildman–Crippen LogP) is 4.81. The van der Waals surface area contributed by atoms with Crippen LogP contribution in [0.25, 0.3) is 0 Å². The van der Waals surface area contributed by atoms with Crippen molar-refractivity contribution in [1.29, 1.82) is 0 Å². The Bertz CT molecular complexity index is 1150. The number of hydrogen-bond acceptors (Lipinski definition) is 6. The van der Waals surface area contributed by atoms with E-state index in [0.29, 0.717) is 40.4 Å². The van der Waals surface area contributed by atoms with E-state index in [1.807, 2.05) is 11.8 Å². The number of methoxy groups -OCH3 is 1. The standard InChI is InChI=1S/C28H35ClN4O4S/c1-4-37-22-8-5-20(6-9-22)30-26(34)18-24-27(35)33(21-7-10-25(36-3)23(29)17-21)28(38)32(24)16-15-31-13-11-19(2)12-14-31/h5-10,17,19,24H,4,11-16,18H2,1-3H3,(H,30,34)/t24-/m0/s1. The molecule has 2 fully saturated rings. The normalized spacial score (nSPS) is 18.7. The summed E-state index contributed by atoms with van der Waals surface area (Å²) < 4.78 is 10.7. The van der Waals surface area contributed by atoms with E-state index in [1.54, 1.807) is 42.5 Å². The van der Waals surface area contributed by atoms with Gasteiger partial charge in [0, 0.05) is 18.8 Å². The highest BCUT2D eigenvalue weighted by Crippen LogP contribution is 2.33. The fourth-order valence-electron chi connectivity index (χ4n) is 4.84. The Hall–Kier alpha value is -2.88. The van der Waals surface area contributed by atoms with Gasteiger partial charge in [-0.3, -0.25) is 14.5 Å². The first kappa shape index (κ1) is 28.1. The molecule has 2 aliphatic rings. The summed E-state index contributed by atoms with van der Waals surface area (Å²) in [4.78, 5) is 32.5. The van der Waals surface area contributed by atoms with Crippen molar-refractivity contribution in [1.82, 2.24) is 9.80 Å². The Morgan fingerprint density at radius 1 is 1.13 bits per heavy atom. The van der Waals surface area contributed by atoms with E-state index in [2.05, 4.69) is 17.1 Å². The number of hydrogen-bond donors (Lipinski definition) is 1. The van der Waals surface area contributed by atoms with Crippen LogP contribution in [0.15, 0.2) is 42.5 Å². The van der Waals surface area contributed by atoms with Gasteiger partial charge in [0.1, 0.15) is 17.5 Å². The molecule has 0 aliphatic carbocycles. The minimum Gasteiger partial charge on any atom is -0.495 e. The van der Waals surface area contributed by atoms with E-state index in [4.69, 9.17) is 33.3 Å².